The van der Waals surface area contributed by atoms with Crippen molar-refractivity contribution in [3.8, 4) is 0 Å². The number of hydrogen-bond acceptors (Lipinski definition) is 4. The first-order valence-electron chi connectivity index (χ1n) is 9.55. The SMILES string of the molecule is O=C(Cc1csc(Cc2cccc(Cl)c2)n1)Nc1ccc(N2CCCC2=O)c(Cl)c1. The van der Waals surface area contributed by atoms with Gasteiger partial charge in [-0.1, -0.05) is 35.3 Å². The normalized spacial score (nSPS) is 13.7. The molecule has 4 rings (SSSR count). The van der Waals surface area contributed by atoms with E-state index in [0.717, 1.165) is 22.7 Å². The van der Waals surface area contributed by atoms with E-state index in [1.165, 1.54) is 11.3 Å². The van der Waals surface area contributed by atoms with E-state index in [0.29, 0.717) is 40.8 Å². The molecular weight excluding hydrogens is 441 g/mol. The zero-order valence-corrected chi connectivity index (χ0v) is 18.4. The molecule has 2 heterocycles. The summed E-state index contributed by atoms with van der Waals surface area (Å²) in [5.74, 6) is -0.0959. The summed E-state index contributed by atoms with van der Waals surface area (Å²) in [6, 6.07) is 12.9. The van der Waals surface area contributed by atoms with Gasteiger partial charge in [-0.05, 0) is 42.3 Å². The first-order chi connectivity index (χ1) is 14.5. The van der Waals surface area contributed by atoms with E-state index < -0.39 is 0 Å². The average molecular weight is 460 g/mol. The minimum Gasteiger partial charge on any atom is -0.326 e. The molecule has 1 aliphatic heterocycles. The van der Waals surface area contributed by atoms with Gasteiger partial charge < -0.3 is 10.2 Å². The number of amides is 2. The van der Waals surface area contributed by atoms with Crippen LogP contribution in [0.25, 0.3) is 0 Å². The van der Waals surface area contributed by atoms with Gasteiger partial charge in [-0.3, -0.25) is 9.59 Å². The molecule has 8 heteroatoms. The Morgan fingerprint density at radius 1 is 1.20 bits per heavy atom. The molecule has 0 spiro atoms. The summed E-state index contributed by atoms with van der Waals surface area (Å²) in [6.07, 6.45) is 2.23. The van der Waals surface area contributed by atoms with Crippen LogP contribution in [-0.4, -0.2) is 23.3 Å². The monoisotopic (exact) mass is 459 g/mol. The largest absolute Gasteiger partial charge is 0.326 e. The summed E-state index contributed by atoms with van der Waals surface area (Å²) >= 11 is 13.9. The Bertz CT molecular complexity index is 1100. The topological polar surface area (TPSA) is 62.3 Å². The highest BCUT2D eigenvalue weighted by Gasteiger charge is 2.23. The summed E-state index contributed by atoms with van der Waals surface area (Å²) in [6.45, 7) is 0.672. The minimum atomic E-state index is -0.171. The maximum absolute atomic E-state index is 12.4. The van der Waals surface area contributed by atoms with Crippen LogP contribution >= 0.6 is 34.5 Å². The molecule has 0 saturated carbocycles. The maximum atomic E-state index is 12.4. The van der Waals surface area contributed by atoms with Crippen molar-refractivity contribution in [2.24, 2.45) is 0 Å². The van der Waals surface area contributed by atoms with Crippen LogP contribution in [0.2, 0.25) is 10.0 Å². The standard InChI is InChI=1S/C22H19Cl2N3O2S/c23-15-4-1-3-14(9-15)10-21-26-17(13-30-21)12-20(28)25-16-6-7-19(18(24)11-16)27-8-2-5-22(27)29/h1,3-4,6-7,9,11,13H,2,5,8,10,12H2,(H,25,28). The summed E-state index contributed by atoms with van der Waals surface area (Å²) < 4.78 is 0. The Balaban J connectivity index is 1.36. The fourth-order valence-electron chi connectivity index (χ4n) is 3.41. The number of carbonyl (C=O) groups is 2. The smallest absolute Gasteiger partial charge is 0.230 e. The number of nitrogens with one attached hydrogen (secondary N) is 1. The van der Waals surface area contributed by atoms with E-state index in [-0.39, 0.29) is 18.2 Å². The lowest BCUT2D eigenvalue weighted by Gasteiger charge is -2.18. The second-order valence-electron chi connectivity index (χ2n) is 7.08. The average Bonchev–Trinajstić information content (AvgIpc) is 3.31. The van der Waals surface area contributed by atoms with Gasteiger partial charge in [-0.25, -0.2) is 4.98 Å². The summed E-state index contributed by atoms with van der Waals surface area (Å²) in [4.78, 5) is 30.6. The number of halogens is 2. The third-order valence-corrected chi connectivity index (χ3v) is 6.22. The Kier molecular flexibility index (Phi) is 6.37. The Morgan fingerprint density at radius 2 is 2.07 bits per heavy atom. The van der Waals surface area contributed by atoms with Gasteiger partial charge in [-0.15, -0.1) is 11.3 Å². The fourth-order valence-corrected chi connectivity index (χ4v) is 4.73. The highest BCUT2D eigenvalue weighted by Crippen LogP contribution is 2.31. The number of nitrogens with zero attached hydrogens (tertiary/aromatic N) is 2. The second kappa shape index (κ2) is 9.16. The molecule has 1 aromatic heterocycles. The molecule has 0 atom stereocenters. The highest BCUT2D eigenvalue weighted by atomic mass is 35.5. The number of carbonyl (C=O) groups excluding carboxylic acids is 2. The minimum absolute atomic E-state index is 0.0748. The number of rotatable bonds is 6. The molecule has 1 aliphatic rings. The Morgan fingerprint density at radius 3 is 2.80 bits per heavy atom. The second-order valence-corrected chi connectivity index (χ2v) is 8.87. The molecule has 0 unspecified atom stereocenters. The molecular formula is C22H19Cl2N3O2S. The summed E-state index contributed by atoms with van der Waals surface area (Å²) in [7, 11) is 0. The van der Waals surface area contributed by atoms with Crippen molar-refractivity contribution in [3.05, 3.63) is 74.2 Å². The van der Waals surface area contributed by atoms with Crippen molar-refractivity contribution >= 4 is 57.7 Å². The number of anilines is 2. The quantitative estimate of drug-likeness (QED) is 0.540. The predicted molar refractivity (Wildman–Crippen MR) is 122 cm³/mol. The van der Waals surface area contributed by atoms with Crippen molar-refractivity contribution in [1.82, 2.24) is 4.98 Å². The fraction of sp³-hybridized carbons (Fsp3) is 0.227. The molecule has 1 saturated heterocycles. The number of benzene rings is 2. The lowest BCUT2D eigenvalue weighted by Crippen LogP contribution is -2.24. The molecule has 30 heavy (non-hydrogen) atoms. The first kappa shape index (κ1) is 20.8. The van der Waals surface area contributed by atoms with Crippen LogP contribution in [-0.2, 0) is 22.4 Å². The van der Waals surface area contributed by atoms with Crippen LogP contribution in [0.4, 0.5) is 11.4 Å². The summed E-state index contributed by atoms with van der Waals surface area (Å²) in [5.41, 5.74) is 3.08. The molecule has 1 N–H and O–H groups in total. The van der Waals surface area contributed by atoms with Crippen molar-refractivity contribution < 1.29 is 9.59 Å². The van der Waals surface area contributed by atoms with Crippen molar-refractivity contribution in [3.63, 3.8) is 0 Å². The summed E-state index contributed by atoms with van der Waals surface area (Å²) in [5, 5.41) is 6.82. The molecule has 2 aromatic carbocycles. The van der Waals surface area contributed by atoms with E-state index in [2.05, 4.69) is 10.3 Å². The van der Waals surface area contributed by atoms with Crippen LogP contribution in [0.5, 0.6) is 0 Å². The molecule has 154 valence electrons. The molecule has 1 fully saturated rings. The van der Waals surface area contributed by atoms with Crippen LogP contribution in [0.3, 0.4) is 0 Å². The van der Waals surface area contributed by atoms with E-state index >= 15 is 0 Å². The van der Waals surface area contributed by atoms with E-state index in [9.17, 15) is 9.59 Å². The zero-order chi connectivity index (χ0) is 21.1. The predicted octanol–water partition coefficient (Wildman–Crippen LogP) is 5.35. The third kappa shape index (κ3) is 5.01. The van der Waals surface area contributed by atoms with Gasteiger partial charge in [0.1, 0.15) is 0 Å². The molecule has 2 amide bonds. The van der Waals surface area contributed by atoms with E-state index in [1.54, 1.807) is 23.1 Å². The molecule has 3 aromatic rings. The maximum Gasteiger partial charge on any atom is 0.230 e. The van der Waals surface area contributed by atoms with Gasteiger partial charge >= 0.3 is 0 Å². The van der Waals surface area contributed by atoms with Gasteiger partial charge in [0.25, 0.3) is 0 Å². The number of hydrogen-bond donors (Lipinski definition) is 1. The molecule has 0 aliphatic carbocycles. The lowest BCUT2D eigenvalue weighted by atomic mass is 10.2. The van der Waals surface area contributed by atoms with Crippen molar-refractivity contribution in [2.45, 2.75) is 25.7 Å². The van der Waals surface area contributed by atoms with Gasteiger partial charge in [-0.2, -0.15) is 0 Å². The Labute approximate surface area is 188 Å². The van der Waals surface area contributed by atoms with Crippen LogP contribution in [0.15, 0.2) is 47.8 Å². The van der Waals surface area contributed by atoms with Crippen LogP contribution in [0.1, 0.15) is 29.1 Å². The molecule has 0 radical (unpaired) electrons. The Hall–Kier alpha value is -2.41. The van der Waals surface area contributed by atoms with Gasteiger partial charge in [0.15, 0.2) is 0 Å². The van der Waals surface area contributed by atoms with Gasteiger partial charge in [0, 0.05) is 35.5 Å². The van der Waals surface area contributed by atoms with Crippen LogP contribution < -0.4 is 10.2 Å². The number of aromatic nitrogens is 1. The lowest BCUT2D eigenvalue weighted by molar-refractivity contribution is -0.117. The molecule has 0 bridgehead atoms. The number of thiazole rings is 1. The zero-order valence-electron chi connectivity index (χ0n) is 16.0. The first-order valence-corrected chi connectivity index (χ1v) is 11.2. The van der Waals surface area contributed by atoms with Gasteiger partial charge in [0.05, 0.1) is 27.8 Å². The third-order valence-electron chi connectivity index (χ3n) is 4.78. The molecule has 5 nitrogen and oxygen atoms in total. The van der Waals surface area contributed by atoms with Crippen LogP contribution in [0, 0.1) is 0 Å². The highest BCUT2D eigenvalue weighted by molar-refractivity contribution is 7.09. The van der Waals surface area contributed by atoms with Gasteiger partial charge in [0.2, 0.25) is 11.8 Å². The van der Waals surface area contributed by atoms with E-state index in [1.807, 2.05) is 29.6 Å². The van der Waals surface area contributed by atoms with Crippen molar-refractivity contribution in [1.29, 1.82) is 0 Å². The van der Waals surface area contributed by atoms with E-state index in [4.69, 9.17) is 23.2 Å². The van der Waals surface area contributed by atoms with Crippen molar-refractivity contribution in [2.75, 3.05) is 16.8 Å².